The maximum atomic E-state index is 12.7. The lowest BCUT2D eigenvalue weighted by molar-refractivity contribution is 0.302. The third kappa shape index (κ3) is 8.48. The van der Waals surface area contributed by atoms with Gasteiger partial charge >= 0.3 is 0 Å². The van der Waals surface area contributed by atoms with Crippen LogP contribution in [0.4, 0.5) is 8.78 Å². The second-order valence-corrected chi connectivity index (χ2v) is 5.37. The molecule has 0 fully saturated rings. The monoisotopic (exact) mass is 398 g/mol. The second-order valence-electron chi connectivity index (χ2n) is 4.52. The average molecular weight is 399 g/mol. The number of benzene rings is 2. The highest BCUT2D eigenvalue weighted by molar-refractivity contribution is 9.10. The van der Waals surface area contributed by atoms with Crippen molar-refractivity contribution in [3.63, 3.8) is 0 Å². The smallest absolute Gasteiger partial charge is 0.137 e. The molecule has 0 saturated carbocycles. The van der Waals surface area contributed by atoms with Crippen molar-refractivity contribution in [2.45, 2.75) is 21.0 Å². The van der Waals surface area contributed by atoms with Crippen molar-refractivity contribution in [2.24, 2.45) is 0 Å². The summed E-state index contributed by atoms with van der Waals surface area (Å²) in [6, 6.07) is 10.9. The van der Waals surface area contributed by atoms with Crippen molar-refractivity contribution in [1.29, 1.82) is 0 Å². The SMILES string of the molecule is C.C=C/C=C(\C)F.Oc1ccc(Br)c(OCc2ccc(F)cc2)c1. The highest BCUT2D eigenvalue weighted by atomic mass is 79.9. The fraction of sp³-hybridized carbons (Fsp3) is 0.158. The molecule has 0 saturated heterocycles. The Morgan fingerprint density at radius 2 is 1.88 bits per heavy atom. The van der Waals surface area contributed by atoms with Crippen LogP contribution in [0.3, 0.4) is 0 Å². The van der Waals surface area contributed by atoms with E-state index >= 15 is 0 Å². The Morgan fingerprint density at radius 3 is 2.38 bits per heavy atom. The predicted molar refractivity (Wildman–Crippen MR) is 98.3 cm³/mol. The van der Waals surface area contributed by atoms with Crippen LogP contribution in [0, 0.1) is 5.82 Å². The molecular weight excluding hydrogens is 378 g/mol. The Morgan fingerprint density at radius 1 is 1.25 bits per heavy atom. The molecule has 130 valence electrons. The molecule has 2 nitrogen and oxygen atoms in total. The highest BCUT2D eigenvalue weighted by Gasteiger charge is 2.03. The molecule has 5 heteroatoms. The van der Waals surface area contributed by atoms with Crippen molar-refractivity contribution in [1.82, 2.24) is 0 Å². The first-order chi connectivity index (χ1) is 10.9. The molecule has 0 amide bonds. The minimum Gasteiger partial charge on any atom is -0.508 e. The number of hydrogen-bond acceptors (Lipinski definition) is 2. The van der Waals surface area contributed by atoms with Gasteiger partial charge in [0.2, 0.25) is 0 Å². The van der Waals surface area contributed by atoms with Gasteiger partial charge in [-0.25, -0.2) is 8.78 Å². The highest BCUT2D eigenvalue weighted by Crippen LogP contribution is 2.29. The Labute approximate surface area is 150 Å². The summed E-state index contributed by atoms with van der Waals surface area (Å²) in [7, 11) is 0. The fourth-order valence-electron chi connectivity index (χ4n) is 1.51. The van der Waals surface area contributed by atoms with Gasteiger partial charge in [-0.1, -0.05) is 32.2 Å². The molecule has 0 aliphatic rings. The predicted octanol–water partition coefficient (Wildman–Crippen LogP) is 6.55. The van der Waals surface area contributed by atoms with Crippen LogP contribution < -0.4 is 4.74 Å². The number of rotatable bonds is 4. The van der Waals surface area contributed by atoms with E-state index in [2.05, 4.69) is 22.5 Å². The summed E-state index contributed by atoms with van der Waals surface area (Å²) < 4.78 is 30.5. The molecule has 0 spiro atoms. The number of hydrogen-bond donors (Lipinski definition) is 1. The van der Waals surface area contributed by atoms with Crippen LogP contribution in [-0.4, -0.2) is 5.11 Å². The van der Waals surface area contributed by atoms with Crippen LogP contribution >= 0.6 is 15.9 Å². The van der Waals surface area contributed by atoms with E-state index in [1.807, 2.05) is 0 Å². The zero-order valence-electron chi connectivity index (χ0n) is 12.6. The zero-order chi connectivity index (χ0) is 17.2. The maximum absolute atomic E-state index is 12.7. The standard InChI is InChI=1S/C13H10BrFO2.C5H7F.CH4/c14-12-6-5-11(16)7-13(12)17-8-9-1-3-10(15)4-2-9;1-3-4-5(2)6;/h1-7,16H,8H2;3-4H,1H2,2H3;1H4/b;5-4+;. The van der Waals surface area contributed by atoms with Gasteiger partial charge in [-0.3, -0.25) is 0 Å². The van der Waals surface area contributed by atoms with E-state index in [4.69, 9.17) is 4.74 Å². The van der Waals surface area contributed by atoms with Gasteiger partial charge in [0, 0.05) is 6.07 Å². The minimum atomic E-state index is -0.271. The molecular formula is C19H21BrF2O2. The van der Waals surface area contributed by atoms with Crippen LogP contribution in [0.5, 0.6) is 11.5 Å². The van der Waals surface area contributed by atoms with E-state index in [1.54, 1.807) is 24.3 Å². The number of phenols is 1. The number of phenolic OH excluding ortho intramolecular Hbond substituents is 1. The summed E-state index contributed by atoms with van der Waals surface area (Å²) in [6.07, 6.45) is 2.72. The van der Waals surface area contributed by atoms with Crippen molar-refractivity contribution in [3.05, 3.63) is 82.9 Å². The number of ether oxygens (including phenoxy) is 1. The summed E-state index contributed by atoms with van der Waals surface area (Å²) in [5, 5.41) is 9.32. The van der Waals surface area contributed by atoms with E-state index in [0.717, 1.165) is 10.0 Å². The number of allylic oxidation sites excluding steroid dienone is 3. The van der Waals surface area contributed by atoms with E-state index in [0.29, 0.717) is 12.4 Å². The molecule has 1 N–H and O–H groups in total. The molecule has 0 aromatic heterocycles. The maximum Gasteiger partial charge on any atom is 0.137 e. The summed E-state index contributed by atoms with van der Waals surface area (Å²) in [5.41, 5.74) is 0.863. The number of halogens is 3. The number of aromatic hydroxyl groups is 1. The fourth-order valence-corrected chi connectivity index (χ4v) is 1.87. The lowest BCUT2D eigenvalue weighted by Gasteiger charge is -2.08. The van der Waals surface area contributed by atoms with Gasteiger partial charge in [0.1, 0.15) is 23.9 Å². The molecule has 2 aromatic carbocycles. The van der Waals surface area contributed by atoms with Crippen LogP contribution in [0.1, 0.15) is 19.9 Å². The van der Waals surface area contributed by atoms with Crippen molar-refractivity contribution >= 4 is 15.9 Å². The third-order valence-electron chi connectivity index (χ3n) is 2.57. The largest absolute Gasteiger partial charge is 0.508 e. The van der Waals surface area contributed by atoms with Crippen LogP contribution in [0.15, 0.2) is 71.5 Å². The first kappa shape index (κ1) is 21.9. The van der Waals surface area contributed by atoms with Crippen molar-refractivity contribution in [2.75, 3.05) is 0 Å². The Kier molecular flexibility index (Phi) is 10.4. The lowest BCUT2D eigenvalue weighted by Crippen LogP contribution is -1.96. The molecule has 0 radical (unpaired) electrons. The average Bonchev–Trinajstić information content (AvgIpc) is 2.50. The van der Waals surface area contributed by atoms with Crippen molar-refractivity contribution in [3.8, 4) is 11.5 Å². The van der Waals surface area contributed by atoms with Crippen molar-refractivity contribution < 1.29 is 18.6 Å². The summed E-state index contributed by atoms with van der Waals surface area (Å²) in [6.45, 7) is 4.98. The molecule has 0 atom stereocenters. The van der Waals surface area contributed by atoms with E-state index in [-0.39, 0.29) is 24.8 Å². The van der Waals surface area contributed by atoms with E-state index in [9.17, 15) is 13.9 Å². The molecule has 0 aliphatic carbocycles. The molecule has 0 unspecified atom stereocenters. The van der Waals surface area contributed by atoms with Gasteiger partial charge in [0.05, 0.1) is 10.3 Å². The Bertz CT molecular complexity index is 664. The molecule has 0 heterocycles. The summed E-state index contributed by atoms with van der Waals surface area (Å²) in [5.74, 6) is 0.217. The van der Waals surface area contributed by atoms with Gasteiger partial charge in [-0.15, -0.1) is 0 Å². The molecule has 24 heavy (non-hydrogen) atoms. The van der Waals surface area contributed by atoms with E-state index < -0.39 is 0 Å². The normalized spacial score (nSPS) is 10.1. The van der Waals surface area contributed by atoms with Gasteiger partial charge in [-0.05, 0) is 58.8 Å². The van der Waals surface area contributed by atoms with Crippen LogP contribution in [0.25, 0.3) is 0 Å². The zero-order valence-corrected chi connectivity index (χ0v) is 14.2. The summed E-state index contributed by atoms with van der Waals surface area (Å²) in [4.78, 5) is 0. The van der Waals surface area contributed by atoms with Gasteiger partial charge in [0.15, 0.2) is 0 Å². The van der Waals surface area contributed by atoms with Gasteiger partial charge < -0.3 is 9.84 Å². The summed E-state index contributed by atoms with van der Waals surface area (Å²) >= 11 is 3.32. The molecule has 2 rings (SSSR count). The topological polar surface area (TPSA) is 29.5 Å². The third-order valence-corrected chi connectivity index (χ3v) is 3.23. The van der Waals surface area contributed by atoms with Crippen LogP contribution in [0.2, 0.25) is 0 Å². The van der Waals surface area contributed by atoms with E-state index in [1.165, 1.54) is 37.3 Å². The molecule has 0 aliphatic heterocycles. The first-order valence-corrected chi connectivity index (χ1v) is 7.52. The first-order valence-electron chi connectivity index (χ1n) is 6.73. The lowest BCUT2D eigenvalue weighted by atomic mass is 10.2. The molecule has 0 bridgehead atoms. The van der Waals surface area contributed by atoms with Crippen LogP contribution in [-0.2, 0) is 6.61 Å². The molecule has 2 aromatic rings. The van der Waals surface area contributed by atoms with Gasteiger partial charge in [-0.2, -0.15) is 0 Å². The Balaban J connectivity index is 0.000000655. The second kappa shape index (κ2) is 11.4. The minimum absolute atomic E-state index is 0. The quantitative estimate of drug-likeness (QED) is 0.591. The Hall–Kier alpha value is -2.14. The van der Waals surface area contributed by atoms with Gasteiger partial charge in [0.25, 0.3) is 0 Å².